The van der Waals surface area contributed by atoms with Gasteiger partial charge in [-0.05, 0) is 45.4 Å². The summed E-state index contributed by atoms with van der Waals surface area (Å²) in [4.78, 5) is 16.4. The molecule has 0 saturated carbocycles. The maximum absolute atomic E-state index is 12.2. The van der Waals surface area contributed by atoms with Crippen molar-refractivity contribution in [3.63, 3.8) is 0 Å². The molecule has 126 valence electrons. The minimum atomic E-state index is -0.151. The zero-order chi connectivity index (χ0) is 17.3. The molecule has 0 aliphatic heterocycles. The third kappa shape index (κ3) is 3.70. The number of nitrogens with zero attached hydrogens (tertiary/aromatic N) is 4. The van der Waals surface area contributed by atoms with E-state index in [0.29, 0.717) is 16.7 Å². The molecule has 1 amide bonds. The lowest BCUT2D eigenvalue weighted by molar-refractivity contribution is -0.115. The van der Waals surface area contributed by atoms with E-state index in [2.05, 4.69) is 40.5 Å². The second kappa shape index (κ2) is 6.20. The van der Waals surface area contributed by atoms with E-state index in [0.717, 1.165) is 22.9 Å². The Kier molecular flexibility index (Phi) is 4.23. The number of aromatic nitrogens is 4. The molecule has 3 rings (SSSR count). The molecule has 1 N–H and O–H groups in total. The van der Waals surface area contributed by atoms with Crippen molar-refractivity contribution in [2.24, 2.45) is 0 Å². The summed E-state index contributed by atoms with van der Waals surface area (Å²) in [5.41, 5.74) is 0.748. The fourth-order valence-corrected chi connectivity index (χ4v) is 2.69. The van der Waals surface area contributed by atoms with Crippen LogP contribution in [-0.2, 0) is 16.8 Å². The first-order valence-corrected chi connectivity index (χ1v) is 8.33. The highest BCUT2D eigenvalue weighted by Gasteiger charge is 2.16. The molecule has 0 unspecified atom stereocenters. The second-order valence-corrected chi connectivity index (χ2v) is 7.27. The molecule has 3 aromatic rings. The van der Waals surface area contributed by atoms with Crippen LogP contribution in [0.1, 0.15) is 32.1 Å². The molecule has 0 bridgehead atoms. The van der Waals surface area contributed by atoms with Gasteiger partial charge in [0.05, 0.1) is 18.2 Å². The third-order valence-electron chi connectivity index (χ3n) is 3.32. The number of rotatable bonds is 4. The molecular weight excluding hydrogens is 326 g/mol. The first-order chi connectivity index (χ1) is 11.3. The van der Waals surface area contributed by atoms with Gasteiger partial charge in [0.25, 0.3) is 0 Å². The summed E-state index contributed by atoms with van der Waals surface area (Å²) in [6.45, 7) is 8.03. The van der Waals surface area contributed by atoms with Gasteiger partial charge in [-0.25, -0.2) is 0 Å². The Morgan fingerprint density at radius 3 is 2.79 bits per heavy atom. The van der Waals surface area contributed by atoms with Crippen molar-refractivity contribution in [3.05, 3.63) is 35.9 Å². The quantitative estimate of drug-likeness (QED) is 0.784. The minimum absolute atomic E-state index is 0.107. The van der Waals surface area contributed by atoms with E-state index in [9.17, 15) is 4.79 Å². The largest absolute Gasteiger partial charge is 0.458 e. The van der Waals surface area contributed by atoms with Crippen molar-refractivity contribution >= 4 is 22.6 Å². The van der Waals surface area contributed by atoms with Crippen molar-refractivity contribution < 1.29 is 9.21 Å². The van der Waals surface area contributed by atoms with Crippen LogP contribution in [0, 0.1) is 6.92 Å². The van der Waals surface area contributed by atoms with Crippen molar-refractivity contribution in [3.8, 4) is 11.6 Å². The predicted molar refractivity (Wildman–Crippen MR) is 91.9 cm³/mol. The van der Waals surface area contributed by atoms with Gasteiger partial charge in [-0.15, -0.1) is 0 Å². The second-order valence-electron chi connectivity index (χ2n) is 6.52. The number of anilines is 1. The van der Waals surface area contributed by atoms with Crippen molar-refractivity contribution in [2.75, 3.05) is 5.32 Å². The van der Waals surface area contributed by atoms with Crippen molar-refractivity contribution in [1.82, 2.24) is 19.1 Å². The van der Waals surface area contributed by atoms with Crippen LogP contribution >= 0.6 is 11.5 Å². The van der Waals surface area contributed by atoms with E-state index in [1.165, 1.54) is 0 Å². The highest BCUT2D eigenvalue weighted by atomic mass is 32.1. The Morgan fingerprint density at radius 1 is 1.38 bits per heavy atom. The summed E-state index contributed by atoms with van der Waals surface area (Å²) in [5, 5.41) is 7.51. The number of furan rings is 1. The lowest BCUT2D eigenvalue weighted by Crippen LogP contribution is -2.22. The maximum atomic E-state index is 12.2. The molecule has 0 saturated heterocycles. The van der Waals surface area contributed by atoms with Gasteiger partial charge in [-0.2, -0.15) is 14.5 Å². The first-order valence-electron chi connectivity index (χ1n) is 7.56. The van der Waals surface area contributed by atoms with Crippen LogP contribution in [0.5, 0.6) is 0 Å². The number of hydrogen-bond acceptors (Lipinski definition) is 6. The van der Waals surface area contributed by atoms with Crippen LogP contribution in [0.15, 0.2) is 28.9 Å². The molecule has 3 heterocycles. The number of nitrogens with one attached hydrogen (secondary N) is 1. The fraction of sp³-hybridized carbons (Fsp3) is 0.375. The van der Waals surface area contributed by atoms with E-state index < -0.39 is 0 Å². The number of carbonyl (C=O) groups excluding carboxylic acids is 1. The molecule has 24 heavy (non-hydrogen) atoms. The zero-order valence-electron chi connectivity index (χ0n) is 14.0. The summed E-state index contributed by atoms with van der Waals surface area (Å²) in [5.74, 6) is 1.71. The van der Waals surface area contributed by atoms with Crippen molar-refractivity contribution in [2.45, 2.75) is 39.7 Å². The summed E-state index contributed by atoms with van der Waals surface area (Å²) in [7, 11) is 0. The summed E-state index contributed by atoms with van der Waals surface area (Å²) < 4.78 is 11.5. The molecule has 3 aromatic heterocycles. The normalized spacial score (nSPS) is 11.7. The van der Waals surface area contributed by atoms with Crippen LogP contribution in [0.4, 0.5) is 5.13 Å². The molecule has 8 heteroatoms. The van der Waals surface area contributed by atoms with Gasteiger partial charge in [0.2, 0.25) is 16.9 Å². The van der Waals surface area contributed by atoms with Gasteiger partial charge in [0.1, 0.15) is 5.76 Å². The SMILES string of the molecule is Cc1ccc(-c2nsc(NC(=O)Cc3cnn(C(C)(C)C)c3)n2)o1. The molecule has 0 radical (unpaired) electrons. The van der Waals surface area contributed by atoms with E-state index >= 15 is 0 Å². The molecule has 7 nitrogen and oxygen atoms in total. The van der Waals surface area contributed by atoms with Gasteiger partial charge in [-0.1, -0.05) is 0 Å². The van der Waals surface area contributed by atoms with E-state index in [1.807, 2.05) is 29.9 Å². The van der Waals surface area contributed by atoms with Crippen LogP contribution in [0.3, 0.4) is 0 Å². The van der Waals surface area contributed by atoms with E-state index in [-0.39, 0.29) is 17.9 Å². The molecule has 0 atom stereocenters. The van der Waals surface area contributed by atoms with E-state index in [1.54, 1.807) is 6.20 Å². The highest BCUT2D eigenvalue weighted by Crippen LogP contribution is 2.23. The van der Waals surface area contributed by atoms with Crippen LogP contribution in [0.25, 0.3) is 11.6 Å². The highest BCUT2D eigenvalue weighted by molar-refractivity contribution is 7.10. The molecule has 0 aromatic carbocycles. The number of aryl methyl sites for hydroxylation is 1. The first kappa shape index (κ1) is 16.4. The zero-order valence-corrected chi connectivity index (χ0v) is 14.8. The Labute approximate surface area is 143 Å². The lowest BCUT2D eigenvalue weighted by atomic mass is 10.1. The summed E-state index contributed by atoms with van der Waals surface area (Å²) in [6.07, 6.45) is 3.84. The Hall–Kier alpha value is -2.48. The molecule has 0 spiro atoms. The van der Waals surface area contributed by atoms with Gasteiger partial charge in [0, 0.05) is 17.7 Å². The molecule has 0 aliphatic carbocycles. The number of carbonyl (C=O) groups is 1. The van der Waals surface area contributed by atoms with Crippen LogP contribution in [-0.4, -0.2) is 25.0 Å². The van der Waals surface area contributed by atoms with E-state index in [4.69, 9.17) is 4.42 Å². The van der Waals surface area contributed by atoms with Gasteiger partial charge in [0.15, 0.2) is 5.76 Å². The Morgan fingerprint density at radius 2 is 2.17 bits per heavy atom. The van der Waals surface area contributed by atoms with Gasteiger partial charge >= 0.3 is 0 Å². The monoisotopic (exact) mass is 345 g/mol. The lowest BCUT2D eigenvalue weighted by Gasteiger charge is -2.18. The predicted octanol–water partition coefficient (Wildman–Crippen LogP) is 3.24. The minimum Gasteiger partial charge on any atom is -0.458 e. The maximum Gasteiger partial charge on any atom is 0.230 e. The van der Waals surface area contributed by atoms with Crippen LogP contribution < -0.4 is 5.32 Å². The van der Waals surface area contributed by atoms with Crippen LogP contribution in [0.2, 0.25) is 0 Å². The number of hydrogen-bond donors (Lipinski definition) is 1. The molecular formula is C16H19N5O2S. The third-order valence-corrected chi connectivity index (χ3v) is 3.95. The average molecular weight is 345 g/mol. The number of amides is 1. The smallest absolute Gasteiger partial charge is 0.230 e. The average Bonchev–Trinajstić information content (AvgIpc) is 3.18. The van der Waals surface area contributed by atoms with Gasteiger partial charge < -0.3 is 9.73 Å². The topological polar surface area (TPSA) is 85.8 Å². The van der Waals surface area contributed by atoms with Crippen molar-refractivity contribution in [1.29, 1.82) is 0 Å². The summed E-state index contributed by atoms with van der Waals surface area (Å²) >= 11 is 1.13. The molecule has 0 fully saturated rings. The Balaban J connectivity index is 1.63. The summed E-state index contributed by atoms with van der Waals surface area (Å²) in [6, 6.07) is 3.66. The standard InChI is InChI=1S/C16H19N5O2S/c1-10-5-6-12(23-10)14-19-15(24-20-14)18-13(22)7-11-8-17-21(9-11)16(2,3)4/h5-6,8-9H,7H2,1-4H3,(H,18,19,20,22). The fourth-order valence-electron chi connectivity index (χ4n) is 2.10. The Bertz CT molecular complexity index is 856. The molecule has 0 aliphatic rings. The van der Waals surface area contributed by atoms with Gasteiger partial charge in [-0.3, -0.25) is 9.48 Å².